The van der Waals surface area contributed by atoms with Crippen molar-refractivity contribution in [3.05, 3.63) is 47.1 Å². The number of pyridine rings is 1. The van der Waals surface area contributed by atoms with E-state index in [0.29, 0.717) is 29.9 Å². The molecule has 3 N–H and O–H groups in total. The normalized spacial score (nSPS) is 17.7. The molecule has 0 spiro atoms. The first-order valence-electron chi connectivity index (χ1n) is 8.77. The van der Waals surface area contributed by atoms with Crippen molar-refractivity contribution in [3.63, 3.8) is 0 Å². The van der Waals surface area contributed by atoms with Gasteiger partial charge in [0.25, 0.3) is 0 Å². The minimum Gasteiger partial charge on any atom is -0.495 e. The van der Waals surface area contributed by atoms with Crippen LogP contribution in [-0.2, 0) is 11.3 Å². The first-order chi connectivity index (χ1) is 13.0. The van der Waals surface area contributed by atoms with Crippen LogP contribution in [0.5, 0.6) is 5.75 Å². The number of benzene rings is 1. The number of nitrogens with two attached hydrogens (primary N) is 1. The standard InChI is InChI=1S/C19H24ClN5O2/c1-13-12-25(7-8-27-13)18-9-14(5-6-22-18)11-23-19(21)24-15-3-4-17(26-2)16(20)10-15/h3-6,9-10,13H,7-8,11-12H2,1-2H3,(H3,21,23,24). The van der Waals surface area contributed by atoms with E-state index in [1.165, 1.54) is 0 Å². The zero-order valence-electron chi connectivity index (χ0n) is 15.5. The van der Waals surface area contributed by atoms with Crippen LogP contribution in [0.15, 0.2) is 41.5 Å². The lowest BCUT2D eigenvalue weighted by molar-refractivity contribution is 0.0529. The highest BCUT2D eigenvalue weighted by molar-refractivity contribution is 6.32. The van der Waals surface area contributed by atoms with Gasteiger partial charge in [0.1, 0.15) is 11.6 Å². The van der Waals surface area contributed by atoms with Gasteiger partial charge in [0.15, 0.2) is 5.96 Å². The van der Waals surface area contributed by atoms with Gasteiger partial charge in [-0.3, -0.25) is 0 Å². The van der Waals surface area contributed by atoms with Crippen molar-refractivity contribution in [1.82, 2.24) is 4.98 Å². The summed E-state index contributed by atoms with van der Waals surface area (Å²) in [5.41, 5.74) is 7.78. The second-order valence-electron chi connectivity index (χ2n) is 6.33. The van der Waals surface area contributed by atoms with Crippen molar-refractivity contribution >= 4 is 29.1 Å². The highest BCUT2D eigenvalue weighted by atomic mass is 35.5. The van der Waals surface area contributed by atoms with Crippen molar-refractivity contribution in [3.8, 4) is 5.75 Å². The molecule has 7 nitrogen and oxygen atoms in total. The summed E-state index contributed by atoms with van der Waals surface area (Å²) in [5.74, 6) is 1.86. The van der Waals surface area contributed by atoms with Gasteiger partial charge >= 0.3 is 0 Å². The van der Waals surface area contributed by atoms with E-state index in [9.17, 15) is 0 Å². The lowest BCUT2D eigenvalue weighted by Crippen LogP contribution is -2.41. The molecule has 1 aromatic heterocycles. The molecule has 0 saturated carbocycles. The van der Waals surface area contributed by atoms with Gasteiger partial charge in [-0.25, -0.2) is 9.98 Å². The summed E-state index contributed by atoms with van der Waals surface area (Å²) in [6.45, 7) is 4.91. The quantitative estimate of drug-likeness (QED) is 0.604. The van der Waals surface area contributed by atoms with Gasteiger partial charge in [-0.15, -0.1) is 0 Å². The Balaban J connectivity index is 1.63. The maximum absolute atomic E-state index is 6.12. The Kier molecular flexibility index (Phi) is 6.36. The number of hydrogen-bond acceptors (Lipinski definition) is 5. The molecule has 144 valence electrons. The van der Waals surface area contributed by atoms with E-state index >= 15 is 0 Å². The zero-order chi connectivity index (χ0) is 19.2. The molecule has 3 rings (SSSR count). The monoisotopic (exact) mass is 389 g/mol. The highest BCUT2D eigenvalue weighted by Crippen LogP contribution is 2.27. The Morgan fingerprint density at radius 3 is 3.04 bits per heavy atom. The molecule has 0 radical (unpaired) electrons. The van der Waals surface area contributed by atoms with Crippen LogP contribution in [-0.4, -0.2) is 43.9 Å². The molecule has 27 heavy (non-hydrogen) atoms. The van der Waals surface area contributed by atoms with Crippen molar-refractivity contribution in [2.24, 2.45) is 10.7 Å². The molecule has 1 aromatic carbocycles. The van der Waals surface area contributed by atoms with Crippen LogP contribution in [0.3, 0.4) is 0 Å². The predicted octanol–water partition coefficient (Wildman–Crippen LogP) is 2.90. The summed E-state index contributed by atoms with van der Waals surface area (Å²) < 4.78 is 10.7. The SMILES string of the molecule is COc1ccc(NC(N)=NCc2ccnc(N3CCOC(C)C3)c2)cc1Cl. The van der Waals surface area contributed by atoms with Crippen LogP contribution in [0, 0.1) is 0 Å². The van der Waals surface area contributed by atoms with Gasteiger partial charge in [-0.1, -0.05) is 11.6 Å². The number of hydrogen-bond donors (Lipinski definition) is 2. The topological polar surface area (TPSA) is 85.0 Å². The summed E-state index contributed by atoms with van der Waals surface area (Å²) >= 11 is 6.12. The molecule has 1 fully saturated rings. The van der Waals surface area contributed by atoms with Gasteiger partial charge in [-0.05, 0) is 42.8 Å². The molecular weight excluding hydrogens is 366 g/mol. The lowest BCUT2D eigenvalue weighted by atomic mass is 10.2. The molecule has 1 saturated heterocycles. The fourth-order valence-corrected chi connectivity index (χ4v) is 3.12. The van der Waals surface area contributed by atoms with Crippen molar-refractivity contribution in [2.45, 2.75) is 19.6 Å². The smallest absolute Gasteiger partial charge is 0.193 e. The lowest BCUT2D eigenvalue weighted by Gasteiger charge is -2.32. The van der Waals surface area contributed by atoms with Gasteiger partial charge < -0.3 is 25.4 Å². The number of anilines is 2. The number of methoxy groups -OCH3 is 1. The van der Waals surface area contributed by atoms with Gasteiger partial charge in [0, 0.05) is 25.0 Å². The third-order valence-corrected chi connectivity index (χ3v) is 4.53. The first-order valence-corrected chi connectivity index (χ1v) is 9.15. The van der Waals surface area contributed by atoms with Crippen molar-refractivity contribution in [2.75, 3.05) is 37.0 Å². The number of aromatic nitrogens is 1. The Labute approximate surface area is 164 Å². The third kappa shape index (κ3) is 5.24. The molecule has 8 heteroatoms. The number of halogens is 1. The number of rotatable bonds is 5. The van der Waals surface area contributed by atoms with E-state index in [1.54, 1.807) is 25.4 Å². The van der Waals surface area contributed by atoms with Crippen molar-refractivity contribution in [1.29, 1.82) is 0 Å². The van der Waals surface area contributed by atoms with E-state index in [-0.39, 0.29) is 6.10 Å². The minimum atomic E-state index is 0.207. The Bertz CT molecular complexity index is 814. The van der Waals surface area contributed by atoms with E-state index in [1.807, 2.05) is 18.2 Å². The number of ether oxygens (including phenoxy) is 2. The maximum atomic E-state index is 6.12. The molecule has 0 aliphatic carbocycles. The Hall–Kier alpha value is -2.51. The predicted molar refractivity (Wildman–Crippen MR) is 109 cm³/mol. The molecule has 2 heterocycles. The average Bonchev–Trinajstić information content (AvgIpc) is 2.67. The number of nitrogens with zero attached hydrogens (tertiary/aromatic N) is 3. The number of morpholine rings is 1. The van der Waals surface area contributed by atoms with Gasteiger partial charge in [0.05, 0.1) is 31.4 Å². The van der Waals surface area contributed by atoms with E-state index in [0.717, 1.165) is 30.2 Å². The third-order valence-electron chi connectivity index (χ3n) is 4.23. The second-order valence-corrected chi connectivity index (χ2v) is 6.73. The molecule has 0 bridgehead atoms. The molecular formula is C19H24ClN5O2. The van der Waals surface area contributed by atoms with Crippen molar-refractivity contribution < 1.29 is 9.47 Å². The Morgan fingerprint density at radius 1 is 1.44 bits per heavy atom. The molecule has 0 amide bonds. The summed E-state index contributed by atoms with van der Waals surface area (Å²) in [7, 11) is 1.57. The van der Waals surface area contributed by atoms with Crippen LogP contribution >= 0.6 is 11.6 Å². The van der Waals surface area contributed by atoms with E-state index in [2.05, 4.69) is 27.1 Å². The minimum absolute atomic E-state index is 0.207. The fourth-order valence-electron chi connectivity index (χ4n) is 2.87. The first kappa shape index (κ1) is 19.3. The van der Waals surface area contributed by atoms with Crippen LogP contribution in [0.1, 0.15) is 12.5 Å². The summed E-state index contributed by atoms with van der Waals surface area (Å²) in [6.07, 6.45) is 2.01. The second kappa shape index (κ2) is 8.92. The summed E-state index contributed by atoms with van der Waals surface area (Å²) in [5, 5.41) is 3.54. The van der Waals surface area contributed by atoms with Crippen LogP contribution in [0.4, 0.5) is 11.5 Å². The largest absolute Gasteiger partial charge is 0.495 e. The number of nitrogens with one attached hydrogen (secondary N) is 1. The zero-order valence-corrected chi connectivity index (χ0v) is 16.2. The summed E-state index contributed by atoms with van der Waals surface area (Å²) in [4.78, 5) is 11.1. The highest BCUT2D eigenvalue weighted by Gasteiger charge is 2.17. The van der Waals surface area contributed by atoms with Gasteiger partial charge in [-0.2, -0.15) is 0 Å². The number of aliphatic imine (C=N–C) groups is 1. The molecule has 1 unspecified atom stereocenters. The molecule has 2 aromatic rings. The molecule has 1 atom stereocenters. The summed E-state index contributed by atoms with van der Waals surface area (Å²) in [6, 6.07) is 9.33. The van der Waals surface area contributed by atoms with Gasteiger partial charge in [0.2, 0.25) is 0 Å². The average molecular weight is 390 g/mol. The molecule has 1 aliphatic heterocycles. The van der Waals surface area contributed by atoms with E-state index in [4.69, 9.17) is 26.8 Å². The van der Waals surface area contributed by atoms with Crippen LogP contribution in [0.2, 0.25) is 5.02 Å². The van der Waals surface area contributed by atoms with E-state index < -0.39 is 0 Å². The molecule has 1 aliphatic rings. The number of guanidine groups is 1. The maximum Gasteiger partial charge on any atom is 0.193 e. The fraction of sp³-hybridized carbons (Fsp3) is 0.368. The van der Waals surface area contributed by atoms with Crippen LogP contribution in [0.25, 0.3) is 0 Å². The van der Waals surface area contributed by atoms with Crippen LogP contribution < -0.4 is 20.7 Å². The Morgan fingerprint density at radius 2 is 2.30 bits per heavy atom.